The van der Waals surface area contributed by atoms with E-state index in [1.165, 1.54) is 0 Å². The molecule has 3 nitrogen and oxygen atoms in total. The number of hydrogen-bond donors (Lipinski definition) is 1. The lowest BCUT2D eigenvalue weighted by molar-refractivity contribution is 0.0886. The lowest BCUT2D eigenvalue weighted by atomic mass is 10.0. The van der Waals surface area contributed by atoms with Gasteiger partial charge in [0.25, 0.3) is 0 Å². The average Bonchev–Trinajstić information content (AvgIpc) is 2.38. The molecular formula is C14H17NO2. The summed E-state index contributed by atoms with van der Waals surface area (Å²) in [5.41, 5.74) is 1.82. The van der Waals surface area contributed by atoms with Gasteiger partial charge in [-0.05, 0) is 24.6 Å². The van der Waals surface area contributed by atoms with Crippen LogP contribution in [-0.2, 0) is 4.74 Å². The summed E-state index contributed by atoms with van der Waals surface area (Å²) in [4.78, 5) is 4.28. The van der Waals surface area contributed by atoms with Crippen molar-refractivity contribution in [3.63, 3.8) is 0 Å². The number of aliphatic hydroxyl groups is 1. The fourth-order valence-corrected chi connectivity index (χ4v) is 1.80. The molecule has 0 spiro atoms. The highest BCUT2D eigenvalue weighted by Crippen LogP contribution is 2.21. The molecule has 3 heteroatoms. The maximum atomic E-state index is 10.00. The van der Waals surface area contributed by atoms with Gasteiger partial charge in [-0.25, -0.2) is 0 Å². The van der Waals surface area contributed by atoms with Crippen molar-refractivity contribution in [2.75, 3.05) is 13.2 Å². The third-order valence-corrected chi connectivity index (χ3v) is 2.75. The Labute approximate surface area is 101 Å². The first-order valence-corrected chi connectivity index (χ1v) is 5.91. The van der Waals surface area contributed by atoms with E-state index in [0.717, 1.165) is 16.5 Å². The predicted molar refractivity (Wildman–Crippen MR) is 67.8 cm³/mol. The van der Waals surface area contributed by atoms with Crippen LogP contribution in [0.2, 0.25) is 0 Å². The molecule has 0 bridgehead atoms. The highest BCUT2D eigenvalue weighted by Gasteiger charge is 2.08. The summed E-state index contributed by atoms with van der Waals surface area (Å²) in [5.74, 6) is 0. The number of benzene rings is 1. The van der Waals surface area contributed by atoms with Crippen LogP contribution in [0.25, 0.3) is 10.9 Å². The van der Waals surface area contributed by atoms with Gasteiger partial charge in [-0.2, -0.15) is 0 Å². The first kappa shape index (κ1) is 12.0. The second-order valence-electron chi connectivity index (χ2n) is 3.96. The summed E-state index contributed by atoms with van der Waals surface area (Å²) in [5, 5.41) is 11.1. The van der Waals surface area contributed by atoms with E-state index in [9.17, 15) is 5.11 Å². The number of pyridine rings is 1. The molecule has 90 valence electrons. The van der Waals surface area contributed by atoms with Crippen molar-refractivity contribution in [3.05, 3.63) is 42.1 Å². The summed E-state index contributed by atoms with van der Waals surface area (Å²) < 4.78 is 5.24. The van der Waals surface area contributed by atoms with Crippen molar-refractivity contribution in [3.8, 4) is 0 Å². The molecule has 1 atom stereocenters. The van der Waals surface area contributed by atoms with E-state index in [1.54, 1.807) is 6.20 Å². The summed E-state index contributed by atoms with van der Waals surface area (Å²) in [6.45, 7) is 3.22. The highest BCUT2D eigenvalue weighted by molar-refractivity contribution is 5.78. The molecule has 1 N–H and O–H groups in total. The van der Waals surface area contributed by atoms with E-state index in [1.807, 2.05) is 37.3 Å². The Bertz CT molecular complexity index is 484. The zero-order valence-corrected chi connectivity index (χ0v) is 9.97. The molecule has 1 aromatic heterocycles. The van der Waals surface area contributed by atoms with Gasteiger partial charge in [0.15, 0.2) is 0 Å². The van der Waals surface area contributed by atoms with Gasteiger partial charge in [-0.15, -0.1) is 0 Å². The van der Waals surface area contributed by atoms with Crippen molar-refractivity contribution in [2.45, 2.75) is 19.4 Å². The maximum absolute atomic E-state index is 10.00. The SMILES string of the molecule is CCOCCC(O)c1ccc2cccnc2c1. The van der Waals surface area contributed by atoms with Gasteiger partial charge in [0.05, 0.1) is 11.6 Å². The second-order valence-corrected chi connectivity index (χ2v) is 3.96. The molecule has 0 radical (unpaired) electrons. The maximum Gasteiger partial charge on any atom is 0.0812 e. The first-order chi connectivity index (χ1) is 8.31. The zero-order chi connectivity index (χ0) is 12.1. The second kappa shape index (κ2) is 5.75. The van der Waals surface area contributed by atoms with Crippen LogP contribution in [0.4, 0.5) is 0 Å². The van der Waals surface area contributed by atoms with Crippen molar-refractivity contribution < 1.29 is 9.84 Å². The van der Waals surface area contributed by atoms with Gasteiger partial charge < -0.3 is 9.84 Å². The van der Waals surface area contributed by atoms with Gasteiger partial charge >= 0.3 is 0 Å². The molecule has 1 aromatic carbocycles. The molecule has 2 aromatic rings. The number of hydrogen-bond acceptors (Lipinski definition) is 3. The fourth-order valence-electron chi connectivity index (χ4n) is 1.80. The van der Waals surface area contributed by atoms with Gasteiger partial charge in [0, 0.05) is 31.2 Å². The molecule has 0 aliphatic heterocycles. The Hall–Kier alpha value is -1.45. The predicted octanol–water partition coefficient (Wildman–Crippen LogP) is 2.69. The molecule has 0 saturated heterocycles. The van der Waals surface area contributed by atoms with E-state index >= 15 is 0 Å². The number of rotatable bonds is 5. The first-order valence-electron chi connectivity index (χ1n) is 5.91. The molecule has 1 heterocycles. The highest BCUT2D eigenvalue weighted by atomic mass is 16.5. The number of aliphatic hydroxyl groups excluding tert-OH is 1. The van der Waals surface area contributed by atoms with Gasteiger partial charge in [-0.3, -0.25) is 4.98 Å². The van der Waals surface area contributed by atoms with Crippen LogP contribution in [0.15, 0.2) is 36.5 Å². The van der Waals surface area contributed by atoms with E-state index in [-0.39, 0.29) is 0 Å². The van der Waals surface area contributed by atoms with Crippen molar-refractivity contribution >= 4 is 10.9 Å². The fraction of sp³-hybridized carbons (Fsp3) is 0.357. The van der Waals surface area contributed by atoms with Crippen LogP contribution in [0.3, 0.4) is 0 Å². The molecule has 0 amide bonds. The minimum absolute atomic E-state index is 0.479. The summed E-state index contributed by atoms with van der Waals surface area (Å²) in [6, 6.07) is 9.79. The third kappa shape index (κ3) is 3.02. The van der Waals surface area contributed by atoms with Gasteiger partial charge in [0.1, 0.15) is 0 Å². The Morgan fingerprint density at radius 3 is 3.06 bits per heavy atom. The molecule has 0 aliphatic carbocycles. The molecule has 0 aliphatic rings. The Balaban J connectivity index is 2.12. The molecule has 1 unspecified atom stereocenters. The largest absolute Gasteiger partial charge is 0.388 e. The normalized spacial score (nSPS) is 12.8. The topological polar surface area (TPSA) is 42.4 Å². The molecular weight excluding hydrogens is 214 g/mol. The minimum atomic E-state index is -0.479. The molecule has 0 fully saturated rings. The third-order valence-electron chi connectivity index (χ3n) is 2.75. The number of nitrogens with zero attached hydrogens (tertiary/aromatic N) is 1. The molecule has 17 heavy (non-hydrogen) atoms. The lowest BCUT2D eigenvalue weighted by Gasteiger charge is -2.11. The van der Waals surface area contributed by atoms with Crippen LogP contribution in [-0.4, -0.2) is 23.3 Å². The number of aromatic nitrogens is 1. The monoisotopic (exact) mass is 231 g/mol. The van der Waals surface area contributed by atoms with Crippen LogP contribution in [0.1, 0.15) is 25.0 Å². The van der Waals surface area contributed by atoms with E-state index in [4.69, 9.17) is 4.74 Å². The van der Waals surface area contributed by atoms with E-state index < -0.39 is 6.10 Å². The summed E-state index contributed by atoms with van der Waals surface area (Å²) in [6.07, 6.45) is 1.90. The van der Waals surface area contributed by atoms with E-state index in [0.29, 0.717) is 19.6 Å². The van der Waals surface area contributed by atoms with Crippen molar-refractivity contribution in [1.82, 2.24) is 4.98 Å². The standard InChI is InChI=1S/C14H17NO2/c1-2-17-9-7-14(16)12-6-5-11-4-3-8-15-13(11)10-12/h3-6,8,10,14,16H,2,7,9H2,1H3. The van der Waals surface area contributed by atoms with Crippen LogP contribution >= 0.6 is 0 Å². The number of fused-ring (bicyclic) bond motifs is 1. The van der Waals surface area contributed by atoms with E-state index in [2.05, 4.69) is 4.98 Å². The van der Waals surface area contributed by atoms with Gasteiger partial charge in [0.2, 0.25) is 0 Å². The van der Waals surface area contributed by atoms with Crippen molar-refractivity contribution in [1.29, 1.82) is 0 Å². The summed E-state index contributed by atoms with van der Waals surface area (Å²) in [7, 11) is 0. The molecule has 2 rings (SSSR count). The Morgan fingerprint density at radius 1 is 1.35 bits per heavy atom. The van der Waals surface area contributed by atoms with Crippen molar-refractivity contribution in [2.24, 2.45) is 0 Å². The van der Waals surface area contributed by atoms with Crippen LogP contribution in [0.5, 0.6) is 0 Å². The average molecular weight is 231 g/mol. The molecule has 0 saturated carbocycles. The Morgan fingerprint density at radius 2 is 2.24 bits per heavy atom. The van der Waals surface area contributed by atoms with Gasteiger partial charge in [-0.1, -0.05) is 18.2 Å². The zero-order valence-electron chi connectivity index (χ0n) is 9.97. The minimum Gasteiger partial charge on any atom is -0.388 e. The quantitative estimate of drug-likeness (QED) is 0.804. The Kier molecular flexibility index (Phi) is 4.07. The number of ether oxygens (including phenoxy) is 1. The van der Waals surface area contributed by atoms with Crippen LogP contribution < -0.4 is 0 Å². The summed E-state index contributed by atoms with van der Waals surface area (Å²) >= 11 is 0. The lowest BCUT2D eigenvalue weighted by Crippen LogP contribution is -2.03. The smallest absolute Gasteiger partial charge is 0.0812 e. The van der Waals surface area contributed by atoms with Crippen LogP contribution in [0, 0.1) is 0 Å².